The summed E-state index contributed by atoms with van der Waals surface area (Å²) in [4.78, 5) is 22.6. The first-order chi connectivity index (χ1) is 10.9. The first kappa shape index (κ1) is 16.2. The van der Waals surface area contributed by atoms with Crippen molar-refractivity contribution in [2.45, 2.75) is 32.2 Å². The SMILES string of the molecule is CC1CCCN(C(=O)c2cc(NC3CCS(=O)(=O)C3)ncn2)C1. The van der Waals surface area contributed by atoms with Crippen LogP contribution in [0.5, 0.6) is 0 Å². The number of rotatable bonds is 3. The lowest BCUT2D eigenvalue weighted by Crippen LogP contribution is -2.39. The molecule has 2 aliphatic rings. The number of amides is 1. The number of likely N-dealkylation sites (tertiary alicyclic amines) is 1. The quantitative estimate of drug-likeness (QED) is 0.882. The Hall–Kier alpha value is -1.70. The summed E-state index contributed by atoms with van der Waals surface area (Å²) in [5.74, 6) is 1.25. The maximum Gasteiger partial charge on any atom is 0.272 e. The fourth-order valence-corrected chi connectivity index (χ4v) is 4.88. The zero-order chi connectivity index (χ0) is 16.4. The zero-order valence-electron chi connectivity index (χ0n) is 13.2. The minimum absolute atomic E-state index is 0.0824. The molecule has 8 heteroatoms. The van der Waals surface area contributed by atoms with E-state index >= 15 is 0 Å². The molecule has 0 saturated carbocycles. The Labute approximate surface area is 136 Å². The summed E-state index contributed by atoms with van der Waals surface area (Å²) < 4.78 is 23.0. The number of sulfone groups is 1. The van der Waals surface area contributed by atoms with Gasteiger partial charge in [0.1, 0.15) is 17.8 Å². The van der Waals surface area contributed by atoms with Crippen LogP contribution in [0.2, 0.25) is 0 Å². The van der Waals surface area contributed by atoms with Gasteiger partial charge in [0.25, 0.3) is 5.91 Å². The van der Waals surface area contributed by atoms with Crippen molar-refractivity contribution in [2.24, 2.45) is 5.92 Å². The van der Waals surface area contributed by atoms with Gasteiger partial charge in [-0.3, -0.25) is 4.79 Å². The van der Waals surface area contributed by atoms with Crippen LogP contribution >= 0.6 is 0 Å². The van der Waals surface area contributed by atoms with Gasteiger partial charge >= 0.3 is 0 Å². The number of hydrogen-bond acceptors (Lipinski definition) is 6. The minimum Gasteiger partial charge on any atom is -0.366 e. The molecule has 1 amide bonds. The first-order valence-electron chi connectivity index (χ1n) is 8.01. The molecule has 0 spiro atoms. The van der Waals surface area contributed by atoms with E-state index in [1.54, 1.807) is 6.07 Å². The average molecular weight is 338 g/mol. The molecule has 2 saturated heterocycles. The Morgan fingerprint density at radius 2 is 2.17 bits per heavy atom. The minimum atomic E-state index is -2.95. The molecule has 0 aromatic carbocycles. The highest BCUT2D eigenvalue weighted by Gasteiger charge is 2.28. The fourth-order valence-electron chi connectivity index (χ4n) is 3.21. The summed E-state index contributed by atoms with van der Waals surface area (Å²) in [6.07, 6.45) is 4.09. The number of carbonyl (C=O) groups excluding carboxylic acids is 1. The Bertz CT molecular complexity index is 692. The summed E-state index contributed by atoms with van der Waals surface area (Å²) in [6, 6.07) is 1.47. The predicted molar refractivity (Wildman–Crippen MR) is 87.0 cm³/mol. The molecule has 0 radical (unpaired) electrons. The van der Waals surface area contributed by atoms with Crippen molar-refractivity contribution in [3.63, 3.8) is 0 Å². The lowest BCUT2D eigenvalue weighted by molar-refractivity contribution is 0.0677. The molecule has 1 N–H and O–H groups in total. The summed E-state index contributed by atoms with van der Waals surface area (Å²) in [7, 11) is -2.95. The Balaban J connectivity index is 1.68. The largest absolute Gasteiger partial charge is 0.366 e. The normalized spacial score (nSPS) is 26.9. The molecule has 0 aliphatic carbocycles. The maximum absolute atomic E-state index is 12.5. The van der Waals surface area contributed by atoms with E-state index in [0.29, 0.717) is 23.9 Å². The van der Waals surface area contributed by atoms with Gasteiger partial charge in [-0.1, -0.05) is 6.92 Å². The average Bonchev–Trinajstić information content (AvgIpc) is 2.85. The summed E-state index contributed by atoms with van der Waals surface area (Å²) in [5, 5.41) is 3.10. The second kappa shape index (κ2) is 6.43. The van der Waals surface area contributed by atoms with Crippen LogP contribution in [-0.4, -0.2) is 59.8 Å². The van der Waals surface area contributed by atoms with Gasteiger partial charge in [0.05, 0.1) is 11.5 Å². The first-order valence-corrected chi connectivity index (χ1v) is 9.83. The van der Waals surface area contributed by atoms with Crippen molar-refractivity contribution >= 4 is 21.6 Å². The highest BCUT2D eigenvalue weighted by molar-refractivity contribution is 7.91. The molecular formula is C15H22N4O3S. The molecule has 3 rings (SSSR count). The fraction of sp³-hybridized carbons (Fsp3) is 0.667. The number of carbonyl (C=O) groups is 1. The van der Waals surface area contributed by atoms with Crippen LogP contribution < -0.4 is 5.32 Å². The molecule has 126 valence electrons. The van der Waals surface area contributed by atoms with E-state index in [9.17, 15) is 13.2 Å². The van der Waals surface area contributed by atoms with Gasteiger partial charge in [-0.2, -0.15) is 0 Å². The van der Waals surface area contributed by atoms with Gasteiger partial charge < -0.3 is 10.2 Å². The molecule has 0 bridgehead atoms. The topological polar surface area (TPSA) is 92.3 Å². The van der Waals surface area contributed by atoms with Crippen LogP contribution in [0.1, 0.15) is 36.7 Å². The number of piperidine rings is 1. The monoisotopic (exact) mass is 338 g/mol. The lowest BCUT2D eigenvalue weighted by atomic mass is 10.00. The summed E-state index contributed by atoms with van der Waals surface area (Å²) >= 11 is 0. The van der Waals surface area contributed by atoms with E-state index in [0.717, 1.165) is 25.9 Å². The van der Waals surface area contributed by atoms with Crippen LogP contribution in [0.15, 0.2) is 12.4 Å². The van der Waals surface area contributed by atoms with Gasteiger partial charge in [-0.25, -0.2) is 18.4 Å². The highest BCUT2D eigenvalue weighted by atomic mass is 32.2. The van der Waals surface area contributed by atoms with Crippen LogP contribution in [0.4, 0.5) is 5.82 Å². The van der Waals surface area contributed by atoms with Crippen LogP contribution in [-0.2, 0) is 9.84 Å². The van der Waals surface area contributed by atoms with Crippen molar-refractivity contribution in [3.05, 3.63) is 18.1 Å². The van der Waals surface area contributed by atoms with Crippen LogP contribution in [0.25, 0.3) is 0 Å². The number of aromatic nitrogens is 2. The molecular weight excluding hydrogens is 316 g/mol. The smallest absolute Gasteiger partial charge is 0.272 e. The molecule has 2 unspecified atom stereocenters. The van der Waals surface area contributed by atoms with Crippen molar-refractivity contribution in [3.8, 4) is 0 Å². The van der Waals surface area contributed by atoms with E-state index in [-0.39, 0.29) is 23.5 Å². The second-order valence-electron chi connectivity index (χ2n) is 6.53. The maximum atomic E-state index is 12.5. The van der Waals surface area contributed by atoms with Gasteiger partial charge in [0.15, 0.2) is 9.84 Å². The van der Waals surface area contributed by atoms with Crippen LogP contribution in [0, 0.1) is 5.92 Å². The standard InChI is InChI=1S/C15H22N4O3S/c1-11-3-2-5-19(8-11)15(20)13-7-14(17-10-16-13)18-12-4-6-23(21,22)9-12/h7,10-12H,2-6,8-9H2,1H3,(H,16,17,18). The Morgan fingerprint density at radius 3 is 2.87 bits per heavy atom. The zero-order valence-corrected chi connectivity index (χ0v) is 14.1. The molecule has 2 aliphatic heterocycles. The van der Waals surface area contributed by atoms with E-state index in [4.69, 9.17) is 0 Å². The van der Waals surface area contributed by atoms with Crippen molar-refractivity contribution < 1.29 is 13.2 Å². The summed E-state index contributed by atoms with van der Waals surface area (Å²) in [6.45, 7) is 3.66. The molecule has 7 nitrogen and oxygen atoms in total. The molecule has 23 heavy (non-hydrogen) atoms. The Kier molecular flexibility index (Phi) is 4.52. The molecule has 1 aromatic rings. The predicted octanol–water partition coefficient (Wildman–Crippen LogP) is 0.948. The van der Waals surface area contributed by atoms with Gasteiger partial charge in [-0.05, 0) is 25.2 Å². The number of hydrogen-bond donors (Lipinski definition) is 1. The van der Waals surface area contributed by atoms with E-state index < -0.39 is 9.84 Å². The lowest BCUT2D eigenvalue weighted by Gasteiger charge is -2.30. The third-order valence-corrected chi connectivity index (χ3v) is 6.18. The molecule has 2 atom stereocenters. The number of nitrogens with zero attached hydrogens (tertiary/aromatic N) is 3. The highest BCUT2D eigenvalue weighted by Crippen LogP contribution is 2.19. The van der Waals surface area contributed by atoms with Crippen LogP contribution in [0.3, 0.4) is 0 Å². The van der Waals surface area contributed by atoms with Gasteiger partial charge in [0, 0.05) is 25.2 Å². The van der Waals surface area contributed by atoms with Crippen molar-refractivity contribution in [1.29, 1.82) is 0 Å². The van der Waals surface area contributed by atoms with Crippen molar-refractivity contribution in [2.75, 3.05) is 29.9 Å². The summed E-state index contributed by atoms with van der Waals surface area (Å²) in [5.41, 5.74) is 0.359. The van der Waals surface area contributed by atoms with E-state index in [1.807, 2.05) is 4.90 Å². The van der Waals surface area contributed by atoms with E-state index in [1.165, 1.54) is 6.33 Å². The molecule has 2 fully saturated rings. The number of nitrogens with one attached hydrogen (secondary N) is 1. The van der Waals surface area contributed by atoms with Crippen molar-refractivity contribution in [1.82, 2.24) is 14.9 Å². The Morgan fingerprint density at radius 1 is 1.35 bits per heavy atom. The van der Waals surface area contributed by atoms with E-state index in [2.05, 4.69) is 22.2 Å². The molecule has 1 aromatic heterocycles. The van der Waals surface area contributed by atoms with Gasteiger partial charge in [0.2, 0.25) is 0 Å². The van der Waals surface area contributed by atoms with Gasteiger partial charge in [-0.15, -0.1) is 0 Å². The molecule has 3 heterocycles. The third kappa shape index (κ3) is 3.99. The number of anilines is 1. The second-order valence-corrected chi connectivity index (χ2v) is 8.76. The third-order valence-electron chi connectivity index (χ3n) is 4.41.